The second-order valence-corrected chi connectivity index (χ2v) is 12.4. The van der Waals surface area contributed by atoms with Crippen LogP contribution >= 0.6 is 11.8 Å². The molecule has 0 aromatic heterocycles. The number of rotatable bonds is 7. The lowest BCUT2D eigenvalue weighted by Gasteiger charge is -2.25. The highest BCUT2D eigenvalue weighted by Gasteiger charge is 2.40. The lowest BCUT2D eigenvalue weighted by atomic mass is 9.82. The van der Waals surface area contributed by atoms with Crippen molar-refractivity contribution < 1.29 is 4.79 Å². The zero-order valence-electron chi connectivity index (χ0n) is 25.7. The van der Waals surface area contributed by atoms with Gasteiger partial charge in [0, 0.05) is 29.9 Å². The fourth-order valence-electron chi connectivity index (χ4n) is 5.89. The van der Waals surface area contributed by atoms with Crippen LogP contribution in [0.1, 0.15) is 44.4 Å². The number of hydrogen-bond acceptors (Lipinski definition) is 4. The molecule has 4 nitrogen and oxygen atoms in total. The molecule has 0 spiro atoms. The Morgan fingerprint density at radius 1 is 0.727 bits per heavy atom. The normalized spacial score (nSPS) is 18.7. The third-order valence-electron chi connectivity index (χ3n) is 8.30. The molecule has 1 fully saturated rings. The monoisotopic (exact) mass is 595 g/mol. The van der Waals surface area contributed by atoms with E-state index in [2.05, 4.69) is 111 Å². The summed E-state index contributed by atoms with van der Waals surface area (Å²) in [5.74, 6) is -0.00163. The number of amidine groups is 1. The van der Waals surface area contributed by atoms with Gasteiger partial charge in [0.15, 0.2) is 5.17 Å². The largest absolute Gasteiger partial charge is 0.344 e. The molecule has 44 heavy (non-hydrogen) atoms. The molecule has 2 heterocycles. The van der Waals surface area contributed by atoms with Crippen molar-refractivity contribution in [2.45, 2.75) is 33.1 Å². The van der Waals surface area contributed by atoms with Crippen LogP contribution in [0.15, 0.2) is 131 Å². The Hall–Kier alpha value is -4.61. The van der Waals surface area contributed by atoms with Gasteiger partial charge in [-0.05, 0) is 89.8 Å². The molecule has 2 aliphatic heterocycles. The first kappa shape index (κ1) is 29.5. The van der Waals surface area contributed by atoms with Gasteiger partial charge >= 0.3 is 0 Å². The molecule has 0 N–H and O–H groups in total. The molecule has 5 heteroatoms. The Labute approximate surface area is 265 Å². The highest BCUT2D eigenvalue weighted by atomic mass is 32.2. The van der Waals surface area contributed by atoms with Gasteiger partial charge in [0.05, 0.1) is 10.6 Å². The van der Waals surface area contributed by atoms with Crippen molar-refractivity contribution in [3.05, 3.63) is 143 Å². The van der Waals surface area contributed by atoms with Crippen molar-refractivity contribution in [2.75, 3.05) is 18.0 Å². The van der Waals surface area contributed by atoms with Crippen LogP contribution in [0.25, 0.3) is 23.3 Å². The minimum Gasteiger partial charge on any atom is -0.344 e. The van der Waals surface area contributed by atoms with Gasteiger partial charge in [-0.25, -0.2) is 4.99 Å². The van der Waals surface area contributed by atoms with Crippen LogP contribution in [-0.4, -0.2) is 29.1 Å². The van der Waals surface area contributed by atoms with Crippen molar-refractivity contribution in [1.82, 2.24) is 4.90 Å². The third-order valence-corrected chi connectivity index (χ3v) is 9.32. The minimum atomic E-state index is -0.211. The molecule has 1 saturated heterocycles. The number of aliphatic imine (C=N–C) groups is 1. The van der Waals surface area contributed by atoms with Gasteiger partial charge in [0.1, 0.15) is 0 Å². The number of nitrogens with zero attached hydrogens (tertiary/aromatic N) is 3. The van der Waals surface area contributed by atoms with E-state index < -0.39 is 0 Å². The number of carbonyl (C=O) groups is 1. The molecule has 1 amide bonds. The summed E-state index contributed by atoms with van der Waals surface area (Å²) in [6, 6.07) is 35.6. The number of fused-ring (bicyclic) bond motifs is 1. The van der Waals surface area contributed by atoms with Gasteiger partial charge in [0.25, 0.3) is 5.91 Å². The molecular weight excluding hydrogens is 559 g/mol. The second kappa shape index (κ2) is 12.6. The van der Waals surface area contributed by atoms with Crippen molar-refractivity contribution in [2.24, 2.45) is 4.99 Å². The molecule has 0 bridgehead atoms. The van der Waals surface area contributed by atoms with E-state index in [1.54, 1.807) is 4.90 Å². The molecule has 2 aliphatic rings. The van der Waals surface area contributed by atoms with Crippen molar-refractivity contribution in [3.8, 4) is 11.1 Å². The molecule has 0 unspecified atom stereocenters. The van der Waals surface area contributed by atoms with Gasteiger partial charge in [-0.2, -0.15) is 0 Å². The summed E-state index contributed by atoms with van der Waals surface area (Å²) < 4.78 is 0. The van der Waals surface area contributed by atoms with Crippen molar-refractivity contribution in [1.29, 1.82) is 0 Å². The quantitative estimate of drug-likeness (QED) is 0.158. The fraction of sp³-hybridized carbons (Fsp3) is 0.179. The van der Waals surface area contributed by atoms with Crippen LogP contribution in [0.3, 0.4) is 0 Å². The lowest BCUT2D eigenvalue weighted by molar-refractivity contribution is -0.122. The fourth-order valence-corrected chi connectivity index (χ4v) is 6.90. The van der Waals surface area contributed by atoms with E-state index in [4.69, 9.17) is 4.99 Å². The SMILES string of the molecule is CCN1C(=O)/C(=C\C=C2\N(CC)c3ccc(-c4ccccc4)cc3C2(C)C)SC1=Nc1ccc(/C=C/c2ccccc2)cc1. The van der Waals surface area contributed by atoms with E-state index in [1.807, 2.05) is 49.4 Å². The first-order chi connectivity index (χ1) is 21.4. The standard InChI is InChI=1S/C39H37N3OS/c1-5-41-34-24-21-31(30-15-11-8-12-16-30)27-33(34)39(3,4)36(41)26-25-35-37(43)42(6-2)38(44-35)40-32-22-19-29(20-23-32)18-17-28-13-9-7-10-14-28/h7-27H,5-6H2,1-4H3/b18-17+,35-25+,36-26+,40-38?. The number of amides is 1. The Morgan fingerprint density at radius 2 is 1.36 bits per heavy atom. The lowest BCUT2D eigenvalue weighted by Crippen LogP contribution is -2.28. The van der Waals surface area contributed by atoms with E-state index in [-0.39, 0.29) is 11.3 Å². The van der Waals surface area contributed by atoms with E-state index in [0.29, 0.717) is 16.6 Å². The average molecular weight is 596 g/mol. The van der Waals surface area contributed by atoms with Crippen LogP contribution in [0.4, 0.5) is 11.4 Å². The van der Waals surface area contributed by atoms with E-state index in [1.165, 1.54) is 39.8 Å². The van der Waals surface area contributed by atoms with E-state index in [9.17, 15) is 4.79 Å². The van der Waals surface area contributed by atoms with Gasteiger partial charge in [-0.3, -0.25) is 9.69 Å². The summed E-state index contributed by atoms with van der Waals surface area (Å²) >= 11 is 1.44. The summed E-state index contributed by atoms with van der Waals surface area (Å²) in [5.41, 5.74) is 9.03. The predicted molar refractivity (Wildman–Crippen MR) is 188 cm³/mol. The van der Waals surface area contributed by atoms with E-state index >= 15 is 0 Å². The summed E-state index contributed by atoms with van der Waals surface area (Å²) in [5, 5.41) is 0.712. The number of likely N-dealkylation sites (N-methyl/N-ethyl adjacent to an activating group) is 2. The smallest absolute Gasteiger partial charge is 0.266 e. The molecule has 0 saturated carbocycles. The Bertz CT molecular complexity index is 1780. The Kier molecular flexibility index (Phi) is 8.40. The average Bonchev–Trinajstić information content (AvgIpc) is 3.47. The molecule has 4 aromatic carbocycles. The summed E-state index contributed by atoms with van der Waals surface area (Å²) in [4.78, 5) is 23.1. The second-order valence-electron chi connectivity index (χ2n) is 11.4. The van der Waals surface area contributed by atoms with Crippen molar-refractivity contribution in [3.63, 3.8) is 0 Å². The molecular formula is C39H37N3OS. The van der Waals surface area contributed by atoms with Crippen LogP contribution in [0.2, 0.25) is 0 Å². The number of thioether (sulfide) groups is 1. The number of carbonyl (C=O) groups excluding carboxylic acids is 1. The summed E-state index contributed by atoms with van der Waals surface area (Å²) in [6.07, 6.45) is 8.32. The summed E-state index contributed by atoms with van der Waals surface area (Å²) in [7, 11) is 0. The van der Waals surface area contributed by atoms with Crippen LogP contribution in [-0.2, 0) is 10.2 Å². The van der Waals surface area contributed by atoms with Crippen LogP contribution in [0, 0.1) is 0 Å². The van der Waals surface area contributed by atoms with Crippen molar-refractivity contribution >= 4 is 46.4 Å². The van der Waals surface area contributed by atoms with Gasteiger partial charge in [-0.1, -0.05) is 105 Å². The minimum absolute atomic E-state index is 0.00163. The Morgan fingerprint density at radius 3 is 2.02 bits per heavy atom. The number of allylic oxidation sites excluding steroid dienone is 3. The van der Waals surface area contributed by atoms with Crippen LogP contribution in [0.5, 0.6) is 0 Å². The summed E-state index contributed by atoms with van der Waals surface area (Å²) in [6.45, 7) is 10.1. The van der Waals surface area contributed by atoms with Gasteiger partial charge in [0.2, 0.25) is 0 Å². The molecule has 6 rings (SSSR count). The maximum atomic E-state index is 13.5. The highest BCUT2D eigenvalue weighted by molar-refractivity contribution is 8.18. The maximum absolute atomic E-state index is 13.5. The predicted octanol–water partition coefficient (Wildman–Crippen LogP) is 9.69. The molecule has 0 atom stereocenters. The van der Waals surface area contributed by atoms with E-state index in [0.717, 1.165) is 23.4 Å². The maximum Gasteiger partial charge on any atom is 0.266 e. The highest BCUT2D eigenvalue weighted by Crippen LogP contribution is 2.49. The molecule has 4 aromatic rings. The molecule has 220 valence electrons. The first-order valence-corrected chi connectivity index (χ1v) is 16.0. The number of benzene rings is 4. The molecule has 0 aliphatic carbocycles. The topological polar surface area (TPSA) is 35.9 Å². The zero-order valence-corrected chi connectivity index (χ0v) is 26.5. The number of hydrogen-bond donors (Lipinski definition) is 0. The first-order valence-electron chi connectivity index (χ1n) is 15.2. The van der Waals surface area contributed by atoms with Gasteiger partial charge < -0.3 is 4.90 Å². The number of anilines is 1. The third kappa shape index (κ3) is 5.80. The zero-order chi connectivity index (χ0) is 30.7. The van der Waals surface area contributed by atoms with Crippen LogP contribution < -0.4 is 4.90 Å². The Balaban J connectivity index is 1.25. The van der Waals surface area contributed by atoms with Gasteiger partial charge in [-0.15, -0.1) is 0 Å². The molecule has 0 radical (unpaired) electrons.